The average molecular weight is 263 g/mol. The van der Waals surface area contributed by atoms with Crippen LogP contribution in [0.2, 0.25) is 0 Å². The van der Waals surface area contributed by atoms with Gasteiger partial charge in [-0.3, -0.25) is 4.79 Å². The molecule has 2 N–H and O–H groups in total. The van der Waals surface area contributed by atoms with Crippen molar-refractivity contribution in [2.24, 2.45) is 5.92 Å². The van der Waals surface area contributed by atoms with E-state index in [1.54, 1.807) is 0 Å². The van der Waals surface area contributed by atoms with Crippen LogP contribution in [-0.4, -0.2) is 37.4 Å². The minimum Gasteiger partial charge on any atom is -0.481 e. The molecule has 4 heteroatoms. The van der Waals surface area contributed by atoms with Gasteiger partial charge < -0.3 is 15.2 Å². The molecule has 19 heavy (non-hydrogen) atoms. The number of aliphatic carboxylic acids is 1. The van der Waals surface area contributed by atoms with Gasteiger partial charge in [0.15, 0.2) is 0 Å². The van der Waals surface area contributed by atoms with Crippen LogP contribution in [0.15, 0.2) is 30.3 Å². The zero-order valence-corrected chi connectivity index (χ0v) is 11.0. The van der Waals surface area contributed by atoms with E-state index in [0.29, 0.717) is 12.5 Å². The highest BCUT2D eigenvalue weighted by Gasteiger charge is 2.20. The molecule has 0 radical (unpaired) electrons. The molecule has 4 nitrogen and oxygen atoms in total. The van der Waals surface area contributed by atoms with Crippen molar-refractivity contribution >= 4 is 5.97 Å². The quantitative estimate of drug-likeness (QED) is 0.822. The van der Waals surface area contributed by atoms with Crippen LogP contribution in [0.25, 0.3) is 0 Å². The number of ether oxygens (including phenoxy) is 1. The van der Waals surface area contributed by atoms with Gasteiger partial charge in [0.05, 0.1) is 5.92 Å². The number of nitrogens with one attached hydrogen (secondary N) is 1. The normalized spacial score (nSPS) is 18.1. The van der Waals surface area contributed by atoms with Gasteiger partial charge in [-0.25, -0.2) is 0 Å². The van der Waals surface area contributed by atoms with Crippen LogP contribution >= 0.6 is 0 Å². The molecule has 104 valence electrons. The second-order valence-electron chi connectivity index (χ2n) is 5.02. The summed E-state index contributed by atoms with van der Waals surface area (Å²) in [4.78, 5) is 11.3. The van der Waals surface area contributed by atoms with E-state index < -0.39 is 11.9 Å². The van der Waals surface area contributed by atoms with Crippen molar-refractivity contribution in [3.05, 3.63) is 35.9 Å². The number of hydrogen-bond donors (Lipinski definition) is 2. The van der Waals surface area contributed by atoms with Crippen molar-refractivity contribution in [1.82, 2.24) is 5.32 Å². The maximum absolute atomic E-state index is 11.3. The standard InChI is InChI=1S/C15H21NO3/c17-15(18)14(13-4-2-1-3-5-13)11-16-10-12-6-8-19-9-7-12/h1-5,12,14,16H,6-11H2,(H,17,18). The Labute approximate surface area is 113 Å². The molecule has 1 aliphatic rings. The largest absolute Gasteiger partial charge is 0.481 e. The summed E-state index contributed by atoms with van der Waals surface area (Å²) in [5.74, 6) is -0.634. The summed E-state index contributed by atoms with van der Waals surface area (Å²) < 4.78 is 5.31. The molecule has 1 saturated heterocycles. The Kier molecular flexibility index (Phi) is 5.36. The topological polar surface area (TPSA) is 58.6 Å². The SMILES string of the molecule is O=C(O)C(CNCC1CCOCC1)c1ccccc1. The Morgan fingerprint density at radius 3 is 2.63 bits per heavy atom. The van der Waals surface area contributed by atoms with E-state index in [1.165, 1.54) is 0 Å². The van der Waals surface area contributed by atoms with E-state index in [4.69, 9.17) is 4.74 Å². The Morgan fingerprint density at radius 1 is 1.32 bits per heavy atom. The number of benzene rings is 1. The summed E-state index contributed by atoms with van der Waals surface area (Å²) in [7, 11) is 0. The van der Waals surface area contributed by atoms with Gasteiger partial charge in [-0.05, 0) is 30.9 Å². The van der Waals surface area contributed by atoms with Crippen molar-refractivity contribution in [2.75, 3.05) is 26.3 Å². The number of rotatable bonds is 6. The fourth-order valence-electron chi connectivity index (χ4n) is 2.42. The number of carboxylic acid groups (broad SMARTS) is 1. The van der Waals surface area contributed by atoms with Crippen molar-refractivity contribution in [3.8, 4) is 0 Å². The maximum Gasteiger partial charge on any atom is 0.312 e. The highest BCUT2D eigenvalue weighted by atomic mass is 16.5. The predicted octanol–water partition coefficient (Wildman–Crippen LogP) is 1.87. The summed E-state index contributed by atoms with van der Waals surface area (Å²) in [6.45, 7) is 3.01. The van der Waals surface area contributed by atoms with Gasteiger partial charge in [0, 0.05) is 19.8 Å². The first-order chi connectivity index (χ1) is 9.27. The lowest BCUT2D eigenvalue weighted by atomic mass is 9.97. The molecule has 0 spiro atoms. The fraction of sp³-hybridized carbons (Fsp3) is 0.533. The molecule has 2 rings (SSSR count). The van der Waals surface area contributed by atoms with Gasteiger partial charge in [-0.2, -0.15) is 0 Å². The molecule has 1 atom stereocenters. The minimum atomic E-state index is -0.773. The Morgan fingerprint density at radius 2 is 2.00 bits per heavy atom. The van der Waals surface area contributed by atoms with Gasteiger partial charge in [0.2, 0.25) is 0 Å². The first-order valence-electron chi connectivity index (χ1n) is 6.83. The Bertz CT molecular complexity index is 388. The molecular formula is C15H21NO3. The van der Waals surface area contributed by atoms with Crippen molar-refractivity contribution in [1.29, 1.82) is 0 Å². The summed E-state index contributed by atoms with van der Waals surface area (Å²) in [5.41, 5.74) is 0.856. The van der Waals surface area contributed by atoms with Crippen LogP contribution in [0, 0.1) is 5.92 Å². The summed E-state index contributed by atoms with van der Waals surface area (Å²) >= 11 is 0. The highest BCUT2D eigenvalue weighted by molar-refractivity contribution is 5.76. The van der Waals surface area contributed by atoms with Crippen LogP contribution in [-0.2, 0) is 9.53 Å². The van der Waals surface area contributed by atoms with Gasteiger partial charge in [0.1, 0.15) is 0 Å². The van der Waals surface area contributed by atoms with Crippen LogP contribution in [0.5, 0.6) is 0 Å². The van der Waals surface area contributed by atoms with Gasteiger partial charge in [-0.1, -0.05) is 30.3 Å². The van der Waals surface area contributed by atoms with Crippen LogP contribution in [0.3, 0.4) is 0 Å². The lowest BCUT2D eigenvalue weighted by Gasteiger charge is -2.23. The molecule has 1 aromatic rings. The van der Waals surface area contributed by atoms with Crippen LogP contribution in [0.4, 0.5) is 0 Å². The van der Waals surface area contributed by atoms with E-state index >= 15 is 0 Å². The first-order valence-corrected chi connectivity index (χ1v) is 6.83. The molecule has 1 aliphatic heterocycles. The zero-order valence-electron chi connectivity index (χ0n) is 11.0. The van der Waals surface area contributed by atoms with Gasteiger partial charge in [-0.15, -0.1) is 0 Å². The second kappa shape index (κ2) is 7.26. The Hall–Kier alpha value is -1.39. The van der Waals surface area contributed by atoms with E-state index in [2.05, 4.69) is 5.32 Å². The molecule has 0 saturated carbocycles. The van der Waals surface area contributed by atoms with Gasteiger partial charge >= 0.3 is 5.97 Å². The summed E-state index contributed by atoms with van der Waals surface area (Å²) in [6, 6.07) is 9.40. The summed E-state index contributed by atoms with van der Waals surface area (Å²) in [6.07, 6.45) is 2.13. The molecule has 0 aromatic heterocycles. The molecule has 0 bridgehead atoms. The van der Waals surface area contributed by atoms with E-state index in [0.717, 1.165) is 38.2 Å². The second-order valence-corrected chi connectivity index (χ2v) is 5.02. The molecule has 1 unspecified atom stereocenters. The third kappa shape index (κ3) is 4.33. The molecule has 1 heterocycles. The maximum atomic E-state index is 11.3. The van der Waals surface area contributed by atoms with E-state index in [9.17, 15) is 9.90 Å². The van der Waals surface area contributed by atoms with E-state index in [-0.39, 0.29) is 0 Å². The van der Waals surface area contributed by atoms with Crippen molar-refractivity contribution in [2.45, 2.75) is 18.8 Å². The monoisotopic (exact) mass is 263 g/mol. The Balaban J connectivity index is 1.82. The third-order valence-electron chi connectivity index (χ3n) is 3.62. The van der Waals surface area contributed by atoms with Crippen molar-refractivity contribution < 1.29 is 14.6 Å². The van der Waals surface area contributed by atoms with Gasteiger partial charge in [0.25, 0.3) is 0 Å². The molecule has 0 aliphatic carbocycles. The highest BCUT2D eigenvalue weighted by Crippen LogP contribution is 2.16. The predicted molar refractivity (Wildman–Crippen MR) is 73.2 cm³/mol. The third-order valence-corrected chi connectivity index (χ3v) is 3.62. The molecule has 0 amide bonds. The lowest BCUT2D eigenvalue weighted by Crippen LogP contribution is -2.32. The first kappa shape index (κ1) is 14.0. The summed E-state index contributed by atoms with van der Waals surface area (Å²) in [5, 5.41) is 12.6. The number of hydrogen-bond acceptors (Lipinski definition) is 3. The minimum absolute atomic E-state index is 0.471. The zero-order chi connectivity index (χ0) is 13.5. The van der Waals surface area contributed by atoms with Crippen LogP contribution < -0.4 is 5.32 Å². The van der Waals surface area contributed by atoms with Crippen LogP contribution in [0.1, 0.15) is 24.3 Å². The van der Waals surface area contributed by atoms with Crippen molar-refractivity contribution in [3.63, 3.8) is 0 Å². The lowest BCUT2D eigenvalue weighted by molar-refractivity contribution is -0.138. The smallest absolute Gasteiger partial charge is 0.312 e. The van der Waals surface area contributed by atoms with E-state index in [1.807, 2.05) is 30.3 Å². The number of carboxylic acids is 1. The fourth-order valence-corrected chi connectivity index (χ4v) is 2.42. The average Bonchev–Trinajstić information content (AvgIpc) is 2.45. The molecule has 1 fully saturated rings. The number of carbonyl (C=O) groups is 1. The molecular weight excluding hydrogens is 242 g/mol. The molecule has 1 aromatic carbocycles.